The first-order chi connectivity index (χ1) is 10.0. The van der Waals surface area contributed by atoms with Crippen LogP contribution in [0.5, 0.6) is 5.75 Å². The van der Waals surface area contributed by atoms with Crippen LogP contribution in [0.2, 0.25) is 0 Å². The lowest BCUT2D eigenvalue weighted by atomic mass is 10.1. The maximum atomic E-state index is 8.84. The smallest absolute Gasteiger partial charge is 0.170 e. The Kier molecular flexibility index (Phi) is 4.48. The van der Waals surface area contributed by atoms with Crippen molar-refractivity contribution in [1.29, 1.82) is 0 Å². The highest BCUT2D eigenvalue weighted by Crippen LogP contribution is 2.25. The van der Waals surface area contributed by atoms with Crippen LogP contribution in [-0.4, -0.2) is 11.0 Å². The number of hydrogen-bond acceptors (Lipinski definition) is 3. The number of rotatable bonds is 4. The topological polar surface area (TPSA) is 67.8 Å². The first-order valence-electron chi connectivity index (χ1n) is 6.79. The fourth-order valence-electron chi connectivity index (χ4n) is 2.49. The van der Waals surface area contributed by atoms with Crippen molar-refractivity contribution in [1.82, 2.24) is 0 Å². The molecule has 21 heavy (non-hydrogen) atoms. The maximum absolute atomic E-state index is 8.84. The van der Waals surface area contributed by atoms with E-state index < -0.39 is 0 Å². The van der Waals surface area contributed by atoms with E-state index in [4.69, 9.17) is 15.7 Å². The molecule has 3 N–H and O–H groups in total. The Balaban J connectivity index is 2.26. The van der Waals surface area contributed by atoms with Crippen LogP contribution in [0.3, 0.4) is 0 Å². The van der Waals surface area contributed by atoms with Crippen LogP contribution in [0.15, 0.2) is 41.6 Å². The molecule has 4 heteroatoms. The van der Waals surface area contributed by atoms with Crippen LogP contribution in [0.25, 0.3) is 0 Å². The third-order valence-electron chi connectivity index (χ3n) is 3.38. The van der Waals surface area contributed by atoms with E-state index in [9.17, 15) is 0 Å². The van der Waals surface area contributed by atoms with Gasteiger partial charge in [0.15, 0.2) is 5.84 Å². The quantitative estimate of drug-likeness (QED) is 0.392. The van der Waals surface area contributed by atoms with Crippen LogP contribution in [0.4, 0.5) is 0 Å². The van der Waals surface area contributed by atoms with Gasteiger partial charge in [0.25, 0.3) is 0 Å². The number of aryl methyl sites for hydroxylation is 3. The molecule has 0 radical (unpaired) electrons. The van der Waals surface area contributed by atoms with Gasteiger partial charge in [-0.1, -0.05) is 47.1 Å². The lowest BCUT2D eigenvalue weighted by Crippen LogP contribution is -2.16. The van der Waals surface area contributed by atoms with Crippen molar-refractivity contribution in [2.75, 3.05) is 0 Å². The predicted molar refractivity (Wildman–Crippen MR) is 83.9 cm³/mol. The summed E-state index contributed by atoms with van der Waals surface area (Å²) in [5.41, 5.74) is 10.7. The molecule has 2 aromatic rings. The third-order valence-corrected chi connectivity index (χ3v) is 3.38. The van der Waals surface area contributed by atoms with E-state index in [0.717, 1.165) is 22.4 Å². The molecular formula is C17H20N2O2. The van der Waals surface area contributed by atoms with Gasteiger partial charge in [0.05, 0.1) is 0 Å². The summed E-state index contributed by atoms with van der Waals surface area (Å²) in [6.07, 6.45) is 0. The van der Waals surface area contributed by atoms with Crippen molar-refractivity contribution >= 4 is 5.84 Å². The molecule has 0 amide bonds. The molecular weight excluding hydrogens is 264 g/mol. The van der Waals surface area contributed by atoms with E-state index in [0.29, 0.717) is 12.2 Å². The molecule has 0 aliphatic heterocycles. The number of nitrogens with zero attached hydrogens (tertiary/aromatic N) is 1. The van der Waals surface area contributed by atoms with Crippen molar-refractivity contribution in [3.8, 4) is 5.75 Å². The van der Waals surface area contributed by atoms with Gasteiger partial charge in [0.1, 0.15) is 12.4 Å². The second-order valence-electron chi connectivity index (χ2n) is 5.16. The van der Waals surface area contributed by atoms with E-state index in [1.54, 1.807) is 0 Å². The van der Waals surface area contributed by atoms with E-state index in [1.165, 1.54) is 5.56 Å². The van der Waals surface area contributed by atoms with Crippen LogP contribution in [0, 0.1) is 20.8 Å². The first-order valence-corrected chi connectivity index (χ1v) is 6.79. The Labute approximate surface area is 124 Å². The first kappa shape index (κ1) is 14.9. The molecule has 0 saturated heterocycles. The average molecular weight is 284 g/mol. The van der Waals surface area contributed by atoms with E-state index in [2.05, 4.69) is 24.2 Å². The van der Waals surface area contributed by atoms with Crippen LogP contribution in [0.1, 0.15) is 27.8 Å². The number of ether oxygens (including phenoxy) is 1. The predicted octanol–water partition coefficient (Wildman–Crippen LogP) is 3.29. The van der Waals surface area contributed by atoms with Crippen molar-refractivity contribution < 1.29 is 9.94 Å². The molecule has 0 unspecified atom stereocenters. The number of hydrogen-bond donors (Lipinski definition) is 2. The third kappa shape index (κ3) is 3.34. The summed E-state index contributed by atoms with van der Waals surface area (Å²) in [6.45, 7) is 6.50. The van der Waals surface area contributed by atoms with E-state index in [1.807, 2.05) is 38.1 Å². The highest BCUT2D eigenvalue weighted by atomic mass is 16.5. The molecule has 2 aromatic carbocycles. The van der Waals surface area contributed by atoms with Crippen molar-refractivity contribution in [3.63, 3.8) is 0 Å². The fraction of sp³-hybridized carbons (Fsp3) is 0.235. The van der Waals surface area contributed by atoms with Gasteiger partial charge in [0.2, 0.25) is 0 Å². The summed E-state index contributed by atoms with van der Waals surface area (Å²) in [6, 6.07) is 11.7. The molecule has 0 aliphatic carbocycles. The zero-order valence-corrected chi connectivity index (χ0v) is 12.6. The summed E-state index contributed by atoms with van der Waals surface area (Å²) in [5.74, 6) is 0.974. The Hall–Kier alpha value is -2.49. The van der Waals surface area contributed by atoms with Crippen LogP contribution in [-0.2, 0) is 6.61 Å². The largest absolute Gasteiger partial charge is 0.488 e. The number of benzene rings is 2. The van der Waals surface area contributed by atoms with E-state index >= 15 is 0 Å². The average Bonchev–Trinajstić information content (AvgIpc) is 2.45. The second kappa shape index (κ2) is 6.31. The summed E-state index contributed by atoms with van der Waals surface area (Å²) < 4.78 is 5.95. The minimum absolute atomic E-state index is 0.0894. The zero-order chi connectivity index (χ0) is 15.4. The Morgan fingerprint density at radius 1 is 1.14 bits per heavy atom. The number of oxime groups is 1. The molecule has 0 saturated carbocycles. The molecule has 4 nitrogen and oxygen atoms in total. The Morgan fingerprint density at radius 3 is 2.38 bits per heavy atom. The van der Waals surface area contributed by atoms with Crippen molar-refractivity contribution in [2.45, 2.75) is 27.4 Å². The maximum Gasteiger partial charge on any atom is 0.170 e. The summed E-state index contributed by atoms with van der Waals surface area (Å²) in [7, 11) is 0. The van der Waals surface area contributed by atoms with Gasteiger partial charge in [0, 0.05) is 11.1 Å². The summed E-state index contributed by atoms with van der Waals surface area (Å²) in [4.78, 5) is 0. The molecule has 0 spiro atoms. The molecule has 0 heterocycles. The number of nitrogens with two attached hydrogens (primary N) is 1. The number of amidine groups is 1. The molecule has 2 rings (SSSR count). The SMILES string of the molecule is Cc1cc(C)c(OCc2ccccc2C(N)=NO)c(C)c1. The van der Waals surface area contributed by atoms with E-state index in [-0.39, 0.29) is 5.84 Å². The van der Waals surface area contributed by atoms with Crippen molar-refractivity contribution in [3.05, 3.63) is 64.2 Å². The van der Waals surface area contributed by atoms with Crippen LogP contribution >= 0.6 is 0 Å². The van der Waals surface area contributed by atoms with Gasteiger partial charge in [-0.2, -0.15) is 0 Å². The molecule has 0 atom stereocenters. The normalized spacial score (nSPS) is 11.5. The minimum atomic E-state index is 0.0894. The summed E-state index contributed by atoms with van der Waals surface area (Å²) >= 11 is 0. The zero-order valence-electron chi connectivity index (χ0n) is 12.6. The lowest BCUT2D eigenvalue weighted by Gasteiger charge is -2.14. The standard InChI is InChI=1S/C17H20N2O2/c1-11-8-12(2)16(13(3)9-11)21-10-14-6-4-5-7-15(14)17(18)19-20/h4-9,20H,10H2,1-3H3,(H2,18,19). The molecule has 110 valence electrons. The molecule has 0 fully saturated rings. The lowest BCUT2D eigenvalue weighted by molar-refractivity contribution is 0.301. The molecule has 0 bridgehead atoms. The Bertz CT molecular complexity index is 655. The minimum Gasteiger partial charge on any atom is -0.488 e. The molecule has 0 aliphatic rings. The second-order valence-corrected chi connectivity index (χ2v) is 5.16. The van der Waals surface area contributed by atoms with Gasteiger partial charge in [-0.15, -0.1) is 0 Å². The van der Waals surface area contributed by atoms with Crippen LogP contribution < -0.4 is 10.5 Å². The van der Waals surface area contributed by atoms with Gasteiger partial charge in [-0.05, 0) is 31.9 Å². The van der Waals surface area contributed by atoms with Gasteiger partial charge in [-0.25, -0.2) is 0 Å². The van der Waals surface area contributed by atoms with Gasteiger partial charge >= 0.3 is 0 Å². The van der Waals surface area contributed by atoms with Gasteiger partial charge in [-0.3, -0.25) is 0 Å². The monoisotopic (exact) mass is 284 g/mol. The highest BCUT2D eigenvalue weighted by Gasteiger charge is 2.09. The Morgan fingerprint density at radius 2 is 1.76 bits per heavy atom. The summed E-state index contributed by atoms with van der Waals surface area (Å²) in [5, 5.41) is 11.9. The fourth-order valence-corrected chi connectivity index (χ4v) is 2.49. The van der Waals surface area contributed by atoms with Gasteiger partial charge < -0.3 is 15.7 Å². The molecule has 0 aromatic heterocycles. The van der Waals surface area contributed by atoms with Crippen molar-refractivity contribution in [2.24, 2.45) is 10.9 Å². The highest BCUT2D eigenvalue weighted by molar-refractivity contribution is 5.98.